The Labute approximate surface area is 98.1 Å². The summed E-state index contributed by atoms with van der Waals surface area (Å²) in [6, 6.07) is 4.02. The fourth-order valence-electron chi connectivity index (χ4n) is 2.08. The van der Waals surface area contributed by atoms with Crippen molar-refractivity contribution in [3.05, 3.63) is 12.1 Å². The van der Waals surface area contributed by atoms with Gasteiger partial charge in [-0.3, -0.25) is 0 Å². The molecule has 1 aromatic carbocycles. The molecule has 1 fully saturated rings. The zero-order valence-electron chi connectivity index (χ0n) is 9.35. The maximum atomic E-state index is 5.79. The second-order valence-electron chi connectivity index (χ2n) is 4.22. The molecular formula is C11H14N4O2. The van der Waals surface area contributed by atoms with Crippen LogP contribution in [0.4, 0.5) is 11.4 Å². The molecular weight excluding hydrogens is 220 g/mol. The second-order valence-corrected chi connectivity index (χ2v) is 4.22. The van der Waals surface area contributed by atoms with Crippen molar-refractivity contribution in [2.24, 2.45) is 0 Å². The van der Waals surface area contributed by atoms with Crippen molar-refractivity contribution in [3.63, 3.8) is 0 Å². The first-order chi connectivity index (χ1) is 8.34. The number of benzene rings is 1. The SMILES string of the molecule is Nc1ccc(NC2CCCOC2)c2nonc12. The highest BCUT2D eigenvalue weighted by Crippen LogP contribution is 2.26. The van der Waals surface area contributed by atoms with Gasteiger partial charge in [-0.1, -0.05) is 0 Å². The molecule has 0 aliphatic carbocycles. The first-order valence-electron chi connectivity index (χ1n) is 5.69. The van der Waals surface area contributed by atoms with E-state index in [4.69, 9.17) is 15.1 Å². The Morgan fingerprint density at radius 1 is 1.29 bits per heavy atom. The van der Waals surface area contributed by atoms with E-state index in [0.717, 1.165) is 31.7 Å². The zero-order chi connectivity index (χ0) is 11.7. The van der Waals surface area contributed by atoms with Crippen molar-refractivity contribution in [3.8, 4) is 0 Å². The number of nitrogen functional groups attached to an aromatic ring is 1. The molecule has 17 heavy (non-hydrogen) atoms. The van der Waals surface area contributed by atoms with Gasteiger partial charge in [0.25, 0.3) is 0 Å². The highest BCUT2D eigenvalue weighted by molar-refractivity contribution is 5.95. The van der Waals surface area contributed by atoms with Crippen LogP contribution in [-0.4, -0.2) is 29.6 Å². The van der Waals surface area contributed by atoms with Crippen molar-refractivity contribution in [2.45, 2.75) is 18.9 Å². The van der Waals surface area contributed by atoms with Gasteiger partial charge in [-0.2, -0.15) is 0 Å². The van der Waals surface area contributed by atoms with E-state index in [1.165, 1.54) is 0 Å². The minimum atomic E-state index is 0.312. The molecule has 90 valence electrons. The van der Waals surface area contributed by atoms with Gasteiger partial charge in [0.1, 0.15) is 0 Å². The van der Waals surface area contributed by atoms with Crippen molar-refractivity contribution in [1.29, 1.82) is 0 Å². The maximum Gasteiger partial charge on any atom is 0.160 e. The molecule has 1 saturated heterocycles. The van der Waals surface area contributed by atoms with E-state index in [0.29, 0.717) is 22.8 Å². The summed E-state index contributed by atoms with van der Waals surface area (Å²) >= 11 is 0. The van der Waals surface area contributed by atoms with Gasteiger partial charge in [0.05, 0.1) is 18.0 Å². The Kier molecular flexibility index (Phi) is 2.56. The van der Waals surface area contributed by atoms with Crippen LogP contribution in [0.25, 0.3) is 11.0 Å². The summed E-state index contributed by atoms with van der Waals surface area (Å²) in [6.07, 6.45) is 2.17. The molecule has 3 N–H and O–H groups in total. The third-order valence-electron chi connectivity index (χ3n) is 2.97. The van der Waals surface area contributed by atoms with Crippen LogP contribution in [0.5, 0.6) is 0 Å². The molecule has 2 heterocycles. The van der Waals surface area contributed by atoms with Crippen LogP contribution in [0.15, 0.2) is 16.8 Å². The summed E-state index contributed by atoms with van der Waals surface area (Å²) in [4.78, 5) is 0. The van der Waals surface area contributed by atoms with E-state index >= 15 is 0 Å². The minimum absolute atomic E-state index is 0.312. The monoisotopic (exact) mass is 234 g/mol. The molecule has 0 saturated carbocycles. The largest absolute Gasteiger partial charge is 0.397 e. The average molecular weight is 234 g/mol. The zero-order valence-corrected chi connectivity index (χ0v) is 9.35. The van der Waals surface area contributed by atoms with E-state index < -0.39 is 0 Å². The predicted octanol–water partition coefficient (Wildman–Crippen LogP) is 1.40. The lowest BCUT2D eigenvalue weighted by Gasteiger charge is -2.24. The molecule has 3 rings (SSSR count). The van der Waals surface area contributed by atoms with Crippen molar-refractivity contribution >= 4 is 22.4 Å². The van der Waals surface area contributed by atoms with Gasteiger partial charge in [0, 0.05) is 12.6 Å². The number of anilines is 2. The highest BCUT2D eigenvalue weighted by atomic mass is 16.6. The van der Waals surface area contributed by atoms with Gasteiger partial charge < -0.3 is 15.8 Å². The molecule has 6 nitrogen and oxygen atoms in total. The van der Waals surface area contributed by atoms with Crippen LogP contribution in [0.2, 0.25) is 0 Å². The smallest absolute Gasteiger partial charge is 0.160 e. The number of rotatable bonds is 2. The first-order valence-corrected chi connectivity index (χ1v) is 5.69. The Hall–Kier alpha value is -1.82. The normalized spacial score (nSPS) is 20.6. The summed E-state index contributed by atoms with van der Waals surface area (Å²) in [6.45, 7) is 1.57. The lowest BCUT2D eigenvalue weighted by Crippen LogP contribution is -2.30. The van der Waals surface area contributed by atoms with Gasteiger partial charge in [-0.25, -0.2) is 4.63 Å². The van der Waals surface area contributed by atoms with Crippen molar-refractivity contribution in [1.82, 2.24) is 10.3 Å². The van der Waals surface area contributed by atoms with Gasteiger partial charge >= 0.3 is 0 Å². The molecule has 1 unspecified atom stereocenters. The standard InChI is InChI=1S/C11H14N4O2/c12-8-3-4-9(11-10(8)14-17-15-11)13-7-2-1-5-16-6-7/h3-4,7,13H,1-2,5-6,12H2. The molecule has 0 bridgehead atoms. The number of aromatic nitrogens is 2. The summed E-state index contributed by atoms with van der Waals surface area (Å²) in [5, 5.41) is 11.1. The number of fused-ring (bicyclic) bond motifs is 1. The molecule has 0 radical (unpaired) electrons. The fourth-order valence-corrected chi connectivity index (χ4v) is 2.08. The fraction of sp³-hybridized carbons (Fsp3) is 0.455. The molecule has 1 aliphatic heterocycles. The van der Waals surface area contributed by atoms with Crippen LogP contribution in [0.1, 0.15) is 12.8 Å². The molecule has 2 aromatic rings. The second kappa shape index (κ2) is 4.21. The van der Waals surface area contributed by atoms with E-state index in [9.17, 15) is 0 Å². The summed E-state index contributed by atoms with van der Waals surface area (Å²) in [5.74, 6) is 0. The lowest BCUT2D eigenvalue weighted by atomic mass is 10.1. The quantitative estimate of drug-likeness (QED) is 0.764. The lowest BCUT2D eigenvalue weighted by molar-refractivity contribution is 0.0876. The molecule has 0 spiro atoms. The average Bonchev–Trinajstić information content (AvgIpc) is 2.84. The third-order valence-corrected chi connectivity index (χ3v) is 2.97. The predicted molar refractivity (Wildman–Crippen MR) is 63.7 cm³/mol. The number of ether oxygens (including phenoxy) is 1. The number of hydrogen-bond donors (Lipinski definition) is 2. The van der Waals surface area contributed by atoms with Gasteiger partial charge in [0.15, 0.2) is 11.0 Å². The van der Waals surface area contributed by atoms with Gasteiger partial charge in [0.2, 0.25) is 0 Å². The highest BCUT2D eigenvalue weighted by Gasteiger charge is 2.16. The van der Waals surface area contributed by atoms with Crippen LogP contribution in [-0.2, 0) is 4.74 Å². The third kappa shape index (κ3) is 1.91. The van der Waals surface area contributed by atoms with Crippen LogP contribution in [0, 0.1) is 0 Å². The summed E-state index contributed by atoms with van der Waals surface area (Å²) < 4.78 is 10.1. The molecule has 6 heteroatoms. The minimum Gasteiger partial charge on any atom is -0.397 e. The summed E-state index contributed by atoms with van der Waals surface area (Å²) in [7, 11) is 0. The number of nitrogens with zero attached hydrogens (tertiary/aromatic N) is 2. The Morgan fingerprint density at radius 2 is 2.18 bits per heavy atom. The maximum absolute atomic E-state index is 5.79. The Morgan fingerprint density at radius 3 is 3.00 bits per heavy atom. The van der Waals surface area contributed by atoms with Crippen molar-refractivity contribution in [2.75, 3.05) is 24.3 Å². The van der Waals surface area contributed by atoms with E-state index in [1.807, 2.05) is 6.07 Å². The summed E-state index contributed by atoms with van der Waals surface area (Å²) in [5.41, 5.74) is 8.54. The number of nitrogens with two attached hydrogens (primary N) is 1. The number of hydrogen-bond acceptors (Lipinski definition) is 6. The van der Waals surface area contributed by atoms with Crippen molar-refractivity contribution < 1.29 is 9.37 Å². The molecule has 0 amide bonds. The Balaban J connectivity index is 1.89. The van der Waals surface area contributed by atoms with E-state index in [2.05, 4.69) is 15.6 Å². The molecule has 1 aromatic heterocycles. The van der Waals surface area contributed by atoms with Gasteiger partial charge in [-0.05, 0) is 35.3 Å². The first kappa shape index (κ1) is 10.3. The topological polar surface area (TPSA) is 86.2 Å². The van der Waals surface area contributed by atoms with E-state index in [1.54, 1.807) is 6.07 Å². The number of nitrogens with one attached hydrogen (secondary N) is 1. The Bertz CT molecular complexity index is 519. The molecule has 1 atom stereocenters. The van der Waals surface area contributed by atoms with Crippen LogP contribution in [0.3, 0.4) is 0 Å². The van der Waals surface area contributed by atoms with E-state index in [-0.39, 0.29) is 0 Å². The van der Waals surface area contributed by atoms with Gasteiger partial charge in [-0.15, -0.1) is 0 Å². The van der Waals surface area contributed by atoms with Crippen LogP contribution >= 0.6 is 0 Å². The molecule has 1 aliphatic rings. The van der Waals surface area contributed by atoms with Crippen LogP contribution < -0.4 is 11.1 Å².